The minimum atomic E-state index is 0. The molecule has 1 fully saturated rings. The Bertz CT molecular complexity index is 807. The number of para-hydroxylation sites is 1. The second kappa shape index (κ2) is 12.8. The Morgan fingerprint density at radius 2 is 1.94 bits per heavy atom. The van der Waals surface area contributed by atoms with Crippen molar-refractivity contribution in [1.82, 2.24) is 10.6 Å². The van der Waals surface area contributed by atoms with Gasteiger partial charge in [-0.3, -0.25) is 0 Å². The van der Waals surface area contributed by atoms with Crippen molar-refractivity contribution in [3.8, 4) is 11.5 Å². The van der Waals surface area contributed by atoms with Crippen LogP contribution in [0.15, 0.2) is 46.0 Å². The Morgan fingerprint density at radius 3 is 2.77 bits per heavy atom. The van der Waals surface area contributed by atoms with Gasteiger partial charge in [0.05, 0.1) is 32.1 Å². The van der Waals surface area contributed by atoms with Crippen LogP contribution in [0.5, 0.6) is 11.5 Å². The lowest BCUT2D eigenvalue weighted by molar-refractivity contribution is 0.0194. The molecule has 2 N–H and O–H groups in total. The summed E-state index contributed by atoms with van der Waals surface area (Å²) in [5, 5.41) is 6.85. The fraction of sp³-hybridized carbons (Fsp3) is 0.522. The van der Waals surface area contributed by atoms with E-state index in [0.717, 1.165) is 74.2 Å². The summed E-state index contributed by atoms with van der Waals surface area (Å²) < 4.78 is 23.0. The Hall–Kier alpha value is -1.94. The molecule has 0 aliphatic carbocycles. The van der Waals surface area contributed by atoms with Gasteiger partial charge in [0.2, 0.25) is 0 Å². The summed E-state index contributed by atoms with van der Waals surface area (Å²) in [7, 11) is 0. The number of halogens is 1. The number of guanidine groups is 1. The van der Waals surface area contributed by atoms with E-state index in [0.29, 0.717) is 19.8 Å². The van der Waals surface area contributed by atoms with E-state index in [1.54, 1.807) is 6.26 Å². The molecule has 1 saturated heterocycles. The number of hydrogen-bond donors (Lipinski definition) is 2. The highest BCUT2D eigenvalue weighted by molar-refractivity contribution is 14.0. The number of aliphatic imine (C=N–C) groups is 1. The van der Waals surface area contributed by atoms with Gasteiger partial charge in [0.25, 0.3) is 0 Å². The molecule has 1 aromatic carbocycles. The summed E-state index contributed by atoms with van der Waals surface area (Å²) in [4.78, 5) is 4.81. The largest absolute Gasteiger partial charge is 0.490 e. The molecule has 2 aliphatic rings. The SMILES string of the molecule is I.c1coc(CCNC(=NCc2cccc3c2OCCCO3)NCC2CCCCO2)c1. The van der Waals surface area contributed by atoms with E-state index in [1.165, 1.54) is 6.42 Å². The second-order valence-corrected chi connectivity index (χ2v) is 7.59. The summed E-state index contributed by atoms with van der Waals surface area (Å²) in [6.07, 6.45) is 7.08. The van der Waals surface area contributed by atoms with Crippen molar-refractivity contribution in [2.24, 2.45) is 4.99 Å². The predicted octanol–water partition coefficient (Wildman–Crippen LogP) is 3.91. The average Bonchev–Trinajstić information content (AvgIpc) is 3.18. The zero-order valence-electron chi connectivity index (χ0n) is 17.8. The fourth-order valence-corrected chi connectivity index (χ4v) is 3.65. The first-order valence-corrected chi connectivity index (χ1v) is 10.9. The van der Waals surface area contributed by atoms with Crippen molar-refractivity contribution >= 4 is 29.9 Å². The standard InChI is InChI=1S/C23H31N3O4.HI/c1-2-12-28-20(7-1)17-26-23(24-11-10-19-8-4-13-27-19)25-16-18-6-3-9-21-22(18)30-15-5-14-29-21;/h3-4,6,8-9,13,20H,1-2,5,7,10-12,14-17H2,(H2,24,25,26);1H. The van der Waals surface area contributed by atoms with Gasteiger partial charge in [-0.2, -0.15) is 0 Å². The third-order valence-electron chi connectivity index (χ3n) is 5.28. The zero-order valence-corrected chi connectivity index (χ0v) is 20.1. The van der Waals surface area contributed by atoms with Gasteiger partial charge in [0, 0.05) is 38.1 Å². The molecule has 2 aliphatic heterocycles. The van der Waals surface area contributed by atoms with Crippen LogP contribution in [-0.4, -0.2) is 45.0 Å². The molecule has 0 radical (unpaired) electrons. The second-order valence-electron chi connectivity index (χ2n) is 7.59. The van der Waals surface area contributed by atoms with Crippen LogP contribution in [0.1, 0.15) is 37.0 Å². The van der Waals surface area contributed by atoms with Crippen molar-refractivity contribution < 1.29 is 18.6 Å². The highest BCUT2D eigenvalue weighted by Crippen LogP contribution is 2.33. The molecule has 3 heterocycles. The van der Waals surface area contributed by atoms with Crippen LogP contribution < -0.4 is 20.1 Å². The molecule has 1 unspecified atom stereocenters. The van der Waals surface area contributed by atoms with Gasteiger partial charge in [-0.15, -0.1) is 24.0 Å². The first kappa shape index (κ1) is 23.7. The van der Waals surface area contributed by atoms with Crippen LogP contribution in [0.3, 0.4) is 0 Å². The van der Waals surface area contributed by atoms with Crippen LogP contribution in [0.4, 0.5) is 0 Å². The average molecular weight is 541 g/mol. The third-order valence-corrected chi connectivity index (χ3v) is 5.28. The molecule has 0 bridgehead atoms. The van der Waals surface area contributed by atoms with Crippen LogP contribution in [0, 0.1) is 0 Å². The Labute approximate surface area is 200 Å². The summed E-state index contributed by atoms with van der Waals surface area (Å²) in [6, 6.07) is 9.88. The third kappa shape index (κ3) is 7.31. The molecule has 0 spiro atoms. The van der Waals surface area contributed by atoms with E-state index in [9.17, 15) is 0 Å². The molecule has 0 saturated carbocycles. The molecule has 1 aromatic heterocycles. The summed E-state index contributed by atoms with van der Waals surface area (Å²) in [5.41, 5.74) is 1.02. The maximum Gasteiger partial charge on any atom is 0.191 e. The Kier molecular flexibility index (Phi) is 9.80. The quantitative estimate of drug-likeness (QED) is 0.315. The molecule has 2 aromatic rings. The molecule has 7 nitrogen and oxygen atoms in total. The minimum Gasteiger partial charge on any atom is -0.490 e. The van der Waals surface area contributed by atoms with Crippen molar-refractivity contribution in [2.75, 3.05) is 32.9 Å². The lowest BCUT2D eigenvalue weighted by atomic mass is 10.1. The van der Waals surface area contributed by atoms with E-state index in [-0.39, 0.29) is 30.1 Å². The molecule has 8 heteroatoms. The lowest BCUT2D eigenvalue weighted by Crippen LogP contribution is -2.43. The monoisotopic (exact) mass is 541 g/mol. The normalized spacial score (nSPS) is 18.6. The molecule has 0 amide bonds. The van der Waals surface area contributed by atoms with Gasteiger partial charge in [0.15, 0.2) is 17.5 Å². The first-order valence-electron chi connectivity index (χ1n) is 10.9. The smallest absolute Gasteiger partial charge is 0.191 e. The topological polar surface area (TPSA) is 77.3 Å². The number of furan rings is 1. The first-order chi connectivity index (χ1) is 14.9. The van der Waals surface area contributed by atoms with Gasteiger partial charge in [-0.1, -0.05) is 12.1 Å². The van der Waals surface area contributed by atoms with Crippen molar-refractivity contribution in [2.45, 2.75) is 44.8 Å². The predicted molar refractivity (Wildman–Crippen MR) is 131 cm³/mol. The van der Waals surface area contributed by atoms with E-state index >= 15 is 0 Å². The molecule has 1 atom stereocenters. The Morgan fingerprint density at radius 1 is 1.00 bits per heavy atom. The highest BCUT2D eigenvalue weighted by atomic mass is 127. The van der Waals surface area contributed by atoms with Crippen LogP contribution >= 0.6 is 24.0 Å². The molecular formula is C23H32IN3O4. The maximum atomic E-state index is 5.93. The summed E-state index contributed by atoms with van der Waals surface area (Å²) in [6.45, 7) is 4.18. The van der Waals surface area contributed by atoms with Gasteiger partial charge in [-0.25, -0.2) is 4.99 Å². The van der Waals surface area contributed by atoms with E-state index < -0.39 is 0 Å². The van der Waals surface area contributed by atoms with E-state index in [1.807, 2.05) is 30.3 Å². The number of benzene rings is 1. The van der Waals surface area contributed by atoms with Gasteiger partial charge in [0.1, 0.15) is 5.76 Å². The lowest BCUT2D eigenvalue weighted by Gasteiger charge is -2.24. The van der Waals surface area contributed by atoms with Gasteiger partial charge in [-0.05, 0) is 37.5 Å². The van der Waals surface area contributed by atoms with Crippen LogP contribution in [-0.2, 0) is 17.7 Å². The fourth-order valence-electron chi connectivity index (χ4n) is 3.65. The molecule has 31 heavy (non-hydrogen) atoms. The van der Waals surface area contributed by atoms with E-state index in [4.69, 9.17) is 23.6 Å². The van der Waals surface area contributed by atoms with Crippen LogP contribution in [0.2, 0.25) is 0 Å². The highest BCUT2D eigenvalue weighted by Gasteiger charge is 2.16. The number of nitrogens with zero attached hydrogens (tertiary/aromatic N) is 1. The maximum absolute atomic E-state index is 5.93. The van der Waals surface area contributed by atoms with Crippen molar-refractivity contribution in [3.63, 3.8) is 0 Å². The number of nitrogens with one attached hydrogen (secondary N) is 2. The summed E-state index contributed by atoms with van der Waals surface area (Å²) >= 11 is 0. The van der Waals surface area contributed by atoms with Crippen molar-refractivity contribution in [1.29, 1.82) is 0 Å². The summed E-state index contributed by atoms with van der Waals surface area (Å²) in [5.74, 6) is 3.33. The minimum absolute atomic E-state index is 0. The Balaban J connectivity index is 0.00000272. The number of hydrogen-bond acceptors (Lipinski definition) is 5. The molecular weight excluding hydrogens is 509 g/mol. The number of rotatable bonds is 7. The van der Waals surface area contributed by atoms with Crippen molar-refractivity contribution in [3.05, 3.63) is 47.9 Å². The number of ether oxygens (including phenoxy) is 3. The van der Waals surface area contributed by atoms with Gasteiger partial charge >= 0.3 is 0 Å². The molecule has 170 valence electrons. The van der Waals surface area contributed by atoms with E-state index in [2.05, 4.69) is 10.6 Å². The van der Waals surface area contributed by atoms with Crippen LogP contribution in [0.25, 0.3) is 0 Å². The molecule has 4 rings (SSSR count). The zero-order chi connectivity index (χ0) is 20.4. The van der Waals surface area contributed by atoms with Gasteiger partial charge < -0.3 is 29.3 Å². The number of fused-ring (bicyclic) bond motifs is 1.